The Hall–Kier alpha value is -0.880. The van der Waals surface area contributed by atoms with E-state index in [4.69, 9.17) is 5.73 Å². The first-order chi connectivity index (χ1) is 9.06. The number of carbonyl (C=O) groups is 2. The number of aromatic nitrogens is 1. The number of nitrogens with zero attached hydrogens (tertiary/aromatic N) is 1. The molecular formula is C14H21BrN2O2S. The van der Waals surface area contributed by atoms with Gasteiger partial charge in [0.2, 0.25) is 0 Å². The Labute approximate surface area is 131 Å². The molecule has 112 valence electrons. The van der Waals surface area contributed by atoms with Gasteiger partial charge in [-0.1, -0.05) is 0 Å². The Bertz CT molecular complexity index is 573. The van der Waals surface area contributed by atoms with E-state index >= 15 is 0 Å². The van der Waals surface area contributed by atoms with Crippen LogP contribution in [0.15, 0.2) is 16.7 Å². The molecule has 4 nitrogen and oxygen atoms in total. The average molecular weight is 361 g/mol. The molecule has 1 saturated heterocycles. The number of hydrogen-bond acceptors (Lipinski definition) is 4. The molecule has 1 aliphatic heterocycles. The van der Waals surface area contributed by atoms with Gasteiger partial charge in [0.25, 0.3) is 0 Å². The standard InChI is InChI=1S/C14H21BrN2O2S/c1-13(2)10(18)9(11(19)14(3,4)20-13)8-6-5-7(16)12(15)17-8/h5-6,9H,16H2,1-4H3,20H4. The van der Waals surface area contributed by atoms with Gasteiger partial charge >= 0.3 is 0 Å². The van der Waals surface area contributed by atoms with Crippen LogP contribution in [0.3, 0.4) is 0 Å². The monoisotopic (exact) mass is 360 g/mol. The third kappa shape index (κ3) is 2.51. The number of pyridine rings is 1. The van der Waals surface area contributed by atoms with E-state index in [1.165, 1.54) is 0 Å². The highest BCUT2D eigenvalue weighted by Crippen LogP contribution is 2.48. The largest absolute Gasteiger partial charge is 0.397 e. The van der Waals surface area contributed by atoms with Crippen LogP contribution in [0.4, 0.5) is 5.69 Å². The summed E-state index contributed by atoms with van der Waals surface area (Å²) >= 11 is 2.41. The highest BCUT2D eigenvalue weighted by atomic mass is 79.9. The third-order valence-corrected chi connectivity index (χ3v) is 7.04. The lowest BCUT2D eigenvalue weighted by molar-refractivity contribution is -0.132. The molecule has 0 bridgehead atoms. The summed E-state index contributed by atoms with van der Waals surface area (Å²) < 4.78 is -0.302. The van der Waals surface area contributed by atoms with Crippen molar-refractivity contribution in [3.8, 4) is 0 Å². The lowest BCUT2D eigenvalue weighted by Crippen LogP contribution is -2.51. The molecule has 20 heavy (non-hydrogen) atoms. The Morgan fingerprint density at radius 1 is 1.15 bits per heavy atom. The van der Waals surface area contributed by atoms with E-state index < -0.39 is 27.2 Å². The maximum absolute atomic E-state index is 12.7. The number of hydrogen-bond donors (Lipinski definition) is 1. The van der Waals surface area contributed by atoms with Crippen molar-refractivity contribution in [3.63, 3.8) is 0 Å². The summed E-state index contributed by atoms with van der Waals surface area (Å²) in [5, 5.41) is 0. The number of ketones is 2. The minimum atomic E-state index is -0.848. The molecule has 0 unspecified atom stereocenters. The van der Waals surface area contributed by atoms with Crippen LogP contribution in [0, 0.1) is 0 Å². The van der Waals surface area contributed by atoms with E-state index in [0.717, 1.165) is 0 Å². The molecule has 1 aromatic rings. The first-order valence-corrected chi connectivity index (χ1v) is 8.77. The van der Waals surface area contributed by atoms with Crippen molar-refractivity contribution in [2.75, 3.05) is 5.73 Å². The molecule has 0 saturated carbocycles. The van der Waals surface area contributed by atoms with Gasteiger partial charge in [0.1, 0.15) is 10.5 Å². The normalized spacial score (nSPS) is 25.1. The summed E-state index contributed by atoms with van der Waals surface area (Å²) in [5.41, 5.74) is 6.72. The quantitative estimate of drug-likeness (QED) is 0.612. The minimum Gasteiger partial charge on any atom is -0.397 e. The van der Waals surface area contributed by atoms with Gasteiger partial charge < -0.3 is 5.73 Å². The van der Waals surface area contributed by atoms with Crippen LogP contribution in [0.2, 0.25) is 0 Å². The van der Waals surface area contributed by atoms with Crippen molar-refractivity contribution in [1.29, 1.82) is 0 Å². The maximum atomic E-state index is 12.7. The number of anilines is 1. The number of nitrogen functional groups attached to an aromatic ring is 1. The third-order valence-electron chi connectivity index (χ3n) is 3.94. The molecule has 0 spiro atoms. The van der Waals surface area contributed by atoms with Crippen molar-refractivity contribution in [1.82, 2.24) is 4.98 Å². The fraction of sp³-hybridized carbons (Fsp3) is 0.500. The van der Waals surface area contributed by atoms with Crippen LogP contribution in [0.1, 0.15) is 39.3 Å². The maximum Gasteiger partial charge on any atom is 0.161 e. The second-order valence-electron chi connectivity index (χ2n) is 6.72. The van der Waals surface area contributed by atoms with Gasteiger partial charge in [-0.3, -0.25) is 21.4 Å². The van der Waals surface area contributed by atoms with E-state index in [9.17, 15) is 9.59 Å². The molecule has 2 heterocycles. The number of Topliss-reactive ketones (excluding diaryl/α,β-unsaturated/α-hetero) is 2. The lowest BCUT2D eigenvalue weighted by atomic mass is 9.82. The summed E-state index contributed by atoms with van der Waals surface area (Å²) in [6, 6.07) is 3.36. The fourth-order valence-corrected chi connectivity index (χ4v) is 6.37. The van der Waals surface area contributed by atoms with Crippen molar-refractivity contribution in [2.24, 2.45) is 0 Å². The number of carbonyl (C=O) groups excluding carboxylic acids is 2. The number of halogens is 1. The molecule has 1 aliphatic rings. The van der Waals surface area contributed by atoms with E-state index in [-0.39, 0.29) is 11.6 Å². The first-order valence-electron chi connectivity index (χ1n) is 6.57. The van der Waals surface area contributed by atoms with Crippen molar-refractivity contribution >= 4 is 44.9 Å². The van der Waals surface area contributed by atoms with E-state index in [2.05, 4.69) is 20.9 Å². The summed E-state index contributed by atoms with van der Waals surface area (Å²) in [6.45, 7) is 7.81. The molecule has 6 heteroatoms. The van der Waals surface area contributed by atoms with Gasteiger partial charge in [-0.05, 0) is 55.8 Å². The van der Waals surface area contributed by atoms with Gasteiger partial charge in [-0.15, -0.1) is 0 Å². The Balaban J connectivity index is 2.54. The van der Waals surface area contributed by atoms with Gasteiger partial charge in [0.15, 0.2) is 11.6 Å². The SMILES string of the molecule is CC1(C)[SH4]C(C)(C)C(=O)C(c2ccc(N)c(Br)n2)C1=O. The van der Waals surface area contributed by atoms with Gasteiger partial charge in [-0.25, -0.2) is 4.98 Å². The fourth-order valence-electron chi connectivity index (χ4n) is 3.07. The zero-order valence-corrected chi connectivity index (χ0v) is 15.2. The summed E-state index contributed by atoms with van der Waals surface area (Å²) in [6.07, 6.45) is 0. The van der Waals surface area contributed by atoms with Crippen molar-refractivity contribution in [3.05, 3.63) is 22.4 Å². The smallest absolute Gasteiger partial charge is 0.161 e. The second kappa shape index (κ2) is 4.84. The Morgan fingerprint density at radius 3 is 2.10 bits per heavy atom. The van der Waals surface area contributed by atoms with Crippen LogP contribution in [-0.4, -0.2) is 26.0 Å². The lowest BCUT2D eigenvalue weighted by Gasteiger charge is -2.45. The zero-order chi connectivity index (χ0) is 15.3. The minimum absolute atomic E-state index is 0.00216. The molecule has 2 rings (SSSR count). The van der Waals surface area contributed by atoms with E-state index in [1.54, 1.807) is 12.1 Å². The first kappa shape index (κ1) is 15.5. The van der Waals surface area contributed by atoms with Gasteiger partial charge in [0.05, 0.1) is 11.4 Å². The van der Waals surface area contributed by atoms with Crippen LogP contribution in [-0.2, 0) is 9.59 Å². The van der Waals surface area contributed by atoms with Crippen LogP contribution < -0.4 is 5.73 Å². The van der Waals surface area contributed by atoms with Crippen LogP contribution in [0.5, 0.6) is 0 Å². The Kier molecular flexibility index (Phi) is 3.75. The molecule has 0 aromatic carbocycles. The molecule has 1 fully saturated rings. The summed E-state index contributed by atoms with van der Waals surface area (Å²) in [4.78, 5) is 29.6. The number of rotatable bonds is 1. The molecule has 0 radical (unpaired) electrons. The van der Waals surface area contributed by atoms with E-state index in [0.29, 0.717) is 16.0 Å². The van der Waals surface area contributed by atoms with Gasteiger partial charge in [-0.2, -0.15) is 0 Å². The zero-order valence-electron chi connectivity index (χ0n) is 12.2. The summed E-state index contributed by atoms with van der Waals surface area (Å²) in [5.74, 6) is -0.770. The van der Waals surface area contributed by atoms with E-state index in [1.807, 2.05) is 27.7 Å². The molecule has 0 aliphatic carbocycles. The predicted octanol–water partition coefficient (Wildman–Crippen LogP) is 1.88. The molecule has 2 N–H and O–H groups in total. The molecular weight excluding hydrogens is 340 g/mol. The molecule has 1 aromatic heterocycles. The molecule has 0 amide bonds. The van der Waals surface area contributed by atoms with Gasteiger partial charge in [0, 0.05) is 9.49 Å². The predicted molar refractivity (Wildman–Crippen MR) is 90.4 cm³/mol. The highest BCUT2D eigenvalue weighted by Gasteiger charge is 2.50. The second-order valence-corrected chi connectivity index (χ2v) is 11.4. The van der Waals surface area contributed by atoms with Crippen molar-refractivity contribution < 1.29 is 9.59 Å². The molecule has 0 atom stereocenters. The van der Waals surface area contributed by atoms with Crippen LogP contribution in [0.25, 0.3) is 0 Å². The van der Waals surface area contributed by atoms with Crippen LogP contribution >= 0.6 is 27.7 Å². The highest BCUT2D eigenvalue weighted by molar-refractivity contribution is 9.10. The summed E-state index contributed by atoms with van der Waals surface area (Å²) in [7, 11) is 0. The van der Waals surface area contributed by atoms with Crippen molar-refractivity contribution in [2.45, 2.75) is 43.1 Å². The topological polar surface area (TPSA) is 73.1 Å². The average Bonchev–Trinajstić information content (AvgIpc) is 2.31. The number of nitrogens with two attached hydrogens (primary N) is 1. The Morgan fingerprint density at radius 2 is 1.65 bits per heavy atom.